The van der Waals surface area contributed by atoms with Crippen LogP contribution in [0.1, 0.15) is 11.3 Å². The zero-order valence-corrected chi connectivity index (χ0v) is 13.0. The lowest BCUT2D eigenvalue weighted by molar-refractivity contribution is -0.136. The first-order valence-corrected chi connectivity index (χ1v) is 7.38. The van der Waals surface area contributed by atoms with Crippen LogP contribution in [-0.2, 0) is 16.0 Å². The quantitative estimate of drug-likeness (QED) is 0.698. The number of phenols is 1. The fraction of sp³-hybridized carbons (Fsp3) is 0.133. The van der Waals surface area contributed by atoms with Crippen LogP contribution in [0.3, 0.4) is 0 Å². The third-order valence-electron chi connectivity index (χ3n) is 2.75. The van der Waals surface area contributed by atoms with E-state index in [0.29, 0.717) is 22.1 Å². The molecule has 0 aliphatic carbocycles. The zero-order valence-electron chi connectivity index (χ0n) is 12.1. The summed E-state index contributed by atoms with van der Waals surface area (Å²) < 4.78 is 4.98. The predicted octanol–water partition coefficient (Wildman–Crippen LogP) is 2.14. The molecular weight excluding hydrogens is 320 g/mol. The van der Waals surface area contributed by atoms with Crippen LogP contribution in [0.15, 0.2) is 29.7 Å². The van der Waals surface area contributed by atoms with Gasteiger partial charge in [-0.25, -0.2) is 4.98 Å². The maximum atomic E-state index is 11.8. The highest BCUT2D eigenvalue weighted by Gasteiger charge is 2.07. The first-order chi connectivity index (χ1) is 11.0. The molecule has 8 heteroatoms. The molecule has 1 heterocycles. The minimum Gasteiger partial charge on any atom is -0.504 e. The lowest BCUT2D eigenvalue weighted by Crippen LogP contribution is -2.08. The molecule has 1 aromatic carbocycles. The maximum absolute atomic E-state index is 11.8. The SMILES string of the molecule is COc1cc(C=CC(=O)Nc2nc(CC(=O)O)cs2)ccc1O. The van der Waals surface area contributed by atoms with Crippen molar-refractivity contribution in [3.05, 3.63) is 40.9 Å². The van der Waals surface area contributed by atoms with Gasteiger partial charge in [-0.15, -0.1) is 11.3 Å². The summed E-state index contributed by atoms with van der Waals surface area (Å²) >= 11 is 1.16. The van der Waals surface area contributed by atoms with Gasteiger partial charge in [0.25, 0.3) is 0 Å². The predicted molar refractivity (Wildman–Crippen MR) is 85.8 cm³/mol. The van der Waals surface area contributed by atoms with Crippen molar-refractivity contribution in [3.63, 3.8) is 0 Å². The number of carboxylic acid groups (broad SMARTS) is 1. The molecule has 23 heavy (non-hydrogen) atoms. The van der Waals surface area contributed by atoms with Crippen molar-refractivity contribution in [3.8, 4) is 11.5 Å². The van der Waals surface area contributed by atoms with Gasteiger partial charge >= 0.3 is 5.97 Å². The van der Waals surface area contributed by atoms with Crippen LogP contribution in [0.25, 0.3) is 6.08 Å². The Morgan fingerprint density at radius 2 is 2.22 bits per heavy atom. The summed E-state index contributed by atoms with van der Waals surface area (Å²) in [4.78, 5) is 26.4. The molecule has 0 saturated carbocycles. The molecular formula is C15H14N2O5S. The Kier molecular flexibility index (Phi) is 5.32. The molecule has 1 aromatic heterocycles. The maximum Gasteiger partial charge on any atom is 0.309 e. The smallest absolute Gasteiger partial charge is 0.309 e. The molecule has 3 N–H and O–H groups in total. The van der Waals surface area contributed by atoms with Crippen LogP contribution in [-0.4, -0.2) is 34.2 Å². The molecule has 0 fully saturated rings. The Labute approximate surface area is 135 Å². The summed E-state index contributed by atoms with van der Waals surface area (Å²) in [6.07, 6.45) is 2.68. The Morgan fingerprint density at radius 3 is 2.91 bits per heavy atom. The van der Waals surface area contributed by atoms with E-state index in [1.54, 1.807) is 23.6 Å². The lowest BCUT2D eigenvalue weighted by Gasteiger charge is -2.03. The van der Waals surface area contributed by atoms with Crippen molar-refractivity contribution >= 4 is 34.4 Å². The number of carboxylic acids is 1. The molecule has 0 saturated heterocycles. The molecule has 2 aromatic rings. The normalized spacial score (nSPS) is 10.7. The van der Waals surface area contributed by atoms with E-state index in [-0.39, 0.29) is 12.2 Å². The van der Waals surface area contributed by atoms with E-state index in [4.69, 9.17) is 9.84 Å². The number of rotatable bonds is 6. The number of nitrogens with one attached hydrogen (secondary N) is 1. The van der Waals surface area contributed by atoms with Crippen LogP contribution in [0.5, 0.6) is 11.5 Å². The van der Waals surface area contributed by atoms with Crippen molar-refractivity contribution in [2.45, 2.75) is 6.42 Å². The summed E-state index contributed by atoms with van der Waals surface area (Å²) in [5.41, 5.74) is 1.07. The van der Waals surface area contributed by atoms with E-state index in [1.807, 2.05) is 0 Å². The first-order valence-electron chi connectivity index (χ1n) is 6.50. The van der Waals surface area contributed by atoms with Gasteiger partial charge in [-0.2, -0.15) is 0 Å². The molecule has 0 spiro atoms. The van der Waals surface area contributed by atoms with E-state index < -0.39 is 11.9 Å². The van der Waals surface area contributed by atoms with Gasteiger partial charge in [0.1, 0.15) is 0 Å². The fourth-order valence-electron chi connectivity index (χ4n) is 1.72. The molecule has 1 amide bonds. The average molecular weight is 334 g/mol. The number of aromatic hydroxyl groups is 1. The third kappa shape index (κ3) is 4.82. The van der Waals surface area contributed by atoms with E-state index in [1.165, 1.54) is 19.3 Å². The Bertz CT molecular complexity index is 754. The highest BCUT2D eigenvalue weighted by Crippen LogP contribution is 2.26. The summed E-state index contributed by atoms with van der Waals surface area (Å²) in [7, 11) is 1.44. The van der Waals surface area contributed by atoms with Gasteiger partial charge in [0.05, 0.1) is 19.2 Å². The van der Waals surface area contributed by atoms with Crippen molar-refractivity contribution in [2.75, 3.05) is 12.4 Å². The topological polar surface area (TPSA) is 109 Å². The molecule has 120 valence electrons. The number of thiazole rings is 1. The molecule has 0 unspecified atom stereocenters. The molecule has 7 nitrogen and oxygen atoms in total. The van der Waals surface area contributed by atoms with Gasteiger partial charge in [-0.1, -0.05) is 6.07 Å². The average Bonchev–Trinajstić information content (AvgIpc) is 2.92. The largest absolute Gasteiger partial charge is 0.504 e. The van der Waals surface area contributed by atoms with Gasteiger partial charge in [-0.05, 0) is 23.8 Å². The van der Waals surface area contributed by atoms with Crippen molar-refractivity contribution in [1.29, 1.82) is 0 Å². The summed E-state index contributed by atoms with van der Waals surface area (Å²) in [6, 6.07) is 4.69. The number of aromatic nitrogens is 1. The number of amides is 1. The standard InChI is InChI=1S/C15H14N2O5S/c1-22-12-6-9(2-4-11(12)18)3-5-13(19)17-15-16-10(8-23-15)7-14(20)21/h2-6,8,18H,7H2,1H3,(H,20,21)(H,16,17,19). The number of carbonyl (C=O) groups is 2. The second kappa shape index (κ2) is 7.41. The highest BCUT2D eigenvalue weighted by atomic mass is 32.1. The molecule has 0 atom stereocenters. The fourth-order valence-corrected chi connectivity index (χ4v) is 2.43. The van der Waals surface area contributed by atoms with Crippen molar-refractivity contribution < 1.29 is 24.5 Å². The molecule has 0 bridgehead atoms. The number of anilines is 1. The number of aliphatic carboxylic acids is 1. The first kappa shape index (κ1) is 16.5. The van der Waals surface area contributed by atoms with Crippen LogP contribution < -0.4 is 10.1 Å². The Morgan fingerprint density at radius 1 is 1.43 bits per heavy atom. The number of phenolic OH excluding ortho intramolecular Hbond substituents is 1. The van der Waals surface area contributed by atoms with Crippen LogP contribution >= 0.6 is 11.3 Å². The van der Waals surface area contributed by atoms with Crippen LogP contribution in [0, 0.1) is 0 Å². The van der Waals surface area contributed by atoms with Gasteiger partial charge < -0.3 is 14.9 Å². The van der Waals surface area contributed by atoms with E-state index in [0.717, 1.165) is 11.3 Å². The number of ether oxygens (including phenoxy) is 1. The number of nitrogens with zero attached hydrogens (tertiary/aromatic N) is 1. The van der Waals surface area contributed by atoms with Crippen molar-refractivity contribution in [1.82, 2.24) is 4.98 Å². The molecule has 2 rings (SSSR count). The highest BCUT2D eigenvalue weighted by molar-refractivity contribution is 7.14. The number of benzene rings is 1. The van der Waals surface area contributed by atoms with E-state index in [2.05, 4.69) is 10.3 Å². The summed E-state index contributed by atoms with van der Waals surface area (Å²) in [5, 5.41) is 22.6. The molecule has 0 aliphatic heterocycles. The monoisotopic (exact) mass is 334 g/mol. The molecule has 0 radical (unpaired) electrons. The number of hydrogen-bond donors (Lipinski definition) is 3. The number of hydrogen-bond acceptors (Lipinski definition) is 6. The summed E-state index contributed by atoms with van der Waals surface area (Å²) in [5.74, 6) is -1.05. The number of carbonyl (C=O) groups excluding carboxylic acids is 1. The van der Waals surface area contributed by atoms with Crippen LogP contribution in [0.2, 0.25) is 0 Å². The number of methoxy groups -OCH3 is 1. The Hall–Kier alpha value is -2.87. The van der Waals surface area contributed by atoms with Gasteiger partial charge in [0.2, 0.25) is 5.91 Å². The van der Waals surface area contributed by atoms with Gasteiger partial charge in [-0.3, -0.25) is 14.9 Å². The third-order valence-corrected chi connectivity index (χ3v) is 3.55. The van der Waals surface area contributed by atoms with Crippen molar-refractivity contribution in [2.24, 2.45) is 0 Å². The van der Waals surface area contributed by atoms with Gasteiger partial charge in [0, 0.05) is 11.5 Å². The summed E-state index contributed by atoms with van der Waals surface area (Å²) in [6.45, 7) is 0. The van der Waals surface area contributed by atoms with Gasteiger partial charge in [0.15, 0.2) is 16.6 Å². The Balaban J connectivity index is 1.98. The van der Waals surface area contributed by atoms with Crippen LogP contribution in [0.4, 0.5) is 5.13 Å². The molecule has 0 aliphatic rings. The van der Waals surface area contributed by atoms with E-state index in [9.17, 15) is 14.7 Å². The minimum atomic E-state index is -0.977. The second-order valence-corrected chi connectivity index (χ2v) is 5.33. The van der Waals surface area contributed by atoms with E-state index >= 15 is 0 Å². The second-order valence-electron chi connectivity index (χ2n) is 4.47. The zero-order chi connectivity index (χ0) is 16.8. The minimum absolute atomic E-state index is 0.0165. The lowest BCUT2D eigenvalue weighted by atomic mass is 10.2.